The first-order valence-electron chi connectivity index (χ1n) is 3.58. The summed E-state index contributed by atoms with van der Waals surface area (Å²) in [5, 5.41) is -0.378. The molecular formula is C6H11NO3S2. The molecule has 1 heterocycles. The molecule has 0 aromatic heterocycles. The molecule has 1 atom stereocenters. The first-order chi connectivity index (χ1) is 5.42. The highest BCUT2D eigenvalue weighted by atomic mass is 32.2. The van der Waals surface area contributed by atoms with Crippen LogP contribution in [-0.2, 0) is 9.84 Å². The first-order valence-corrected chi connectivity index (χ1v) is 5.85. The predicted octanol–water partition coefficient (Wildman–Crippen LogP) is 0.155. The molecular weight excluding hydrogens is 198 g/mol. The lowest BCUT2D eigenvalue weighted by Crippen LogP contribution is -2.34. The van der Waals surface area contributed by atoms with Gasteiger partial charge < -0.3 is 4.90 Å². The Bertz CT molecular complexity index is 285. The highest BCUT2D eigenvalue weighted by Gasteiger charge is 2.31. The number of thiol groups is 1. The van der Waals surface area contributed by atoms with E-state index in [9.17, 15) is 13.2 Å². The molecule has 0 radical (unpaired) electrons. The number of amides is 1. The number of carbonyl (C=O) groups is 1. The second-order valence-corrected chi connectivity index (χ2v) is 5.56. The average Bonchev–Trinajstić information content (AvgIpc) is 2.28. The maximum absolute atomic E-state index is 11.0. The van der Waals surface area contributed by atoms with Gasteiger partial charge in [0.2, 0.25) is 0 Å². The summed E-state index contributed by atoms with van der Waals surface area (Å²) in [5.41, 5.74) is 0. The maximum Gasteiger partial charge on any atom is 0.278 e. The van der Waals surface area contributed by atoms with Crippen LogP contribution >= 0.6 is 12.6 Å². The third-order valence-electron chi connectivity index (χ3n) is 2.06. The molecule has 1 saturated heterocycles. The minimum atomic E-state index is -2.90. The Balaban J connectivity index is 2.64. The van der Waals surface area contributed by atoms with Gasteiger partial charge in [0.05, 0.1) is 11.5 Å². The predicted molar refractivity (Wildman–Crippen MR) is 49.2 cm³/mol. The Morgan fingerprint density at radius 1 is 1.58 bits per heavy atom. The summed E-state index contributed by atoms with van der Waals surface area (Å²) in [7, 11) is -1.33. The molecule has 1 aliphatic heterocycles. The third kappa shape index (κ3) is 2.13. The van der Waals surface area contributed by atoms with Crippen molar-refractivity contribution in [2.75, 3.05) is 18.6 Å². The molecule has 1 rings (SSSR count). The molecule has 1 fully saturated rings. The Morgan fingerprint density at radius 2 is 2.17 bits per heavy atom. The van der Waals surface area contributed by atoms with Crippen molar-refractivity contribution in [3.8, 4) is 0 Å². The van der Waals surface area contributed by atoms with Gasteiger partial charge in [0.15, 0.2) is 9.84 Å². The molecule has 0 spiro atoms. The summed E-state index contributed by atoms with van der Waals surface area (Å²) >= 11 is 3.62. The molecule has 0 bridgehead atoms. The van der Waals surface area contributed by atoms with Gasteiger partial charge >= 0.3 is 0 Å². The molecule has 1 aliphatic rings. The van der Waals surface area contributed by atoms with Gasteiger partial charge in [0.25, 0.3) is 5.24 Å². The van der Waals surface area contributed by atoms with Gasteiger partial charge in [-0.2, -0.15) is 0 Å². The molecule has 0 unspecified atom stereocenters. The van der Waals surface area contributed by atoms with Crippen molar-refractivity contribution in [3.63, 3.8) is 0 Å². The van der Waals surface area contributed by atoms with E-state index in [-0.39, 0.29) is 22.8 Å². The Hall–Kier alpha value is -0.230. The van der Waals surface area contributed by atoms with Crippen LogP contribution in [0.4, 0.5) is 4.79 Å². The van der Waals surface area contributed by atoms with E-state index in [0.717, 1.165) is 0 Å². The zero-order chi connectivity index (χ0) is 9.35. The number of carbonyl (C=O) groups excluding carboxylic acids is 1. The van der Waals surface area contributed by atoms with Crippen molar-refractivity contribution in [1.82, 2.24) is 4.90 Å². The van der Waals surface area contributed by atoms with Crippen molar-refractivity contribution >= 4 is 27.7 Å². The van der Waals surface area contributed by atoms with E-state index in [2.05, 4.69) is 12.6 Å². The topological polar surface area (TPSA) is 54.5 Å². The highest BCUT2D eigenvalue weighted by molar-refractivity contribution is 7.96. The van der Waals surface area contributed by atoms with E-state index in [0.29, 0.717) is 6.42 Å². The van der Waals surface area contributed by atoms with Crippen LogP contribution in [0.3, 0.4) is 0 Å². The van der Waals surface area contributed by atoms with Crippen molar-refractivity contribution in [2.24, 2.45) is 0 Å². The molecule has 6 heteroatoms. The Labute approximate surface area is 77.3 Å². The minimum absolute atomic E-state index is 0.0792. The summed E-state index contributed by atoms with van der Waals surface area (Å²) < 4.78 is 22.0. The number of nitrogens with zero attached hydrogens (tertiary/aromatic N) is 1. The van der Waals surface area contributed by atoms with Gasteiger partial charge in [-0.3, -0.25) is 4.79 Å². The van der Waals surface area contributed by atoms with Crippen molar-refractivity contribution in [1.29, 1.82) is 0 Å². The van der Waals surface area contributed by atoms with Crippen LogP contribution in [0, 0.1) is 0 Å². The molecule has 1 amide bonds. The van der Waals surface area contributed by atoms with E-state index in [1.54, 1.807) is 7.05 Å². The van der Waals surface area contributed by atoms with Gasteiger partial charge in [0, 0.05) is 13.1 Å². The summed E-state index contributed by atoms with van der Waals surface area (Å²) in [5.74, 6) is 0.263. The van der Waals surface area contributed by atoms with Crippen molar-refractivity contribution in [2.45, 2.75) is 12.5 Å². The standard InChI is InChI=1S/C6H11NO3S2/c1-7(6(8)11)5-2-3-12(9,10)4-5/h5H,2-4H2,1H3,(H,8,11)/t5-/m0/s1. The largest absolute Gasteiger partial charge is 0.333 e. The quantitative estimate of drug-likeness (QED) is 0.626. The van der Waals surface area contributed by atoms with Crippen LogP contribution in [0.25, 0.3) is 0 Å². The van der Waals surface area contributed by atoms with Crippen molar-refractivity contribution < 1.29 is 13.2 Å². The Morgan fingerprint density at radius 3 is 2.50 bits per heavy atom. The molecule has 0 aromatic carbocycles. The van der Waals surface area contributed by atoms with Crippen LogP contribution < -0.4 is 0 Å². The highest BCUT2D eigenvalue weighted by Crippen LogP contribution is 2.17. The number of rotatable bonds is 1. The van der Waals surface area contributed by atoms with Gasteiger partial charge in [-0.25, -0.2) is 8.42 Å². The average molecular weight is 209 g/mol. The zero-order valence-corrected chi connectivity index (χ0v) is 8.44. The Kier molecular flexibility index (Phi) is 2.67. The second-order valence-electron chi connectivity index (χ2n) is 2.95. The fourth-order valence-electron chi connectivity index (χ4n) is 1.24. The third-order valence-corrected chi connectivity index (χ3v) is 4.12. The zero-order valence-electron chi connectivity index (χ0n) is 6.73. The molecule has 0 aromatic rings. The fourth-order valence-corrected chi connectivity index (χ4v) is 3.17. The molecule has 12 heavy (non-hydrogen) atoms. The maximum atomic E-state index is 11.0. The second kappa shape index (κ2) is 3.26. The normalized spacial score (nSPS) is 27.0. The molecule has 70 valence electrons. The van der Waals surface area contributed by atoms with E-state index in [4.69, 9.17) is 0 Å². The lowest BCUT2D eigenvalue weighted by Gasteiger charge is -2.20. The molecule has 0 N–H and O–H groups in total. The molecule has 0 aliphatic carbocycles. The van der Waals surface area contributed by atoms with Gasteiger partial charge in [-0.05, 0) is 6.42 Å². The first kappa shape index (κ1) is 9.85. The van der Waals surface area contributed by atoms with E-state index in [1.807, 2.05) is 0 Å². The summed E-state index contributed by atoms with van der Waals surface area (Å²) in [6.07, 6.45) is 0.533. The monoisotopic (exact) mass is 209 g/mol. The lowest BCUT2D eigenvalue weighted by molar-refractivity contribution is 0.221. The fraction of sp³-hybridized carbons (Fsp3) is 0.833. The van der Waals surface area contributed by atoms with Gasteiger partial charge in [-0.15, -0.1) is 0 Å². The van der Waals surface area contributed by atoms with Crippen LogP contribution in [0.15, 0.2) is 0 Å². The molecule has 0 saturated carbocycles. The van der Waals surface area contributed by atoms with E-state index >= 15 is 0 Å². The van der Waals surface area contributed by atoms with Crippen LogP contribution in [-0.4, -0.2) is 43.2 Å². The SMILES string of the molecule is CN(C(=O)S)[C@H]1CCS(=O)(=O)C1. The van der Waals surface area contributed by atoms with E-state index < -0.39 is 9.84 Å². The lowest BCUT2D eigenvalue weighted by atomic mass is 10.2. The summed E-state index contributed by atoms with van der Waals surface area (Å²) in [4.78, 5) is 12.1. The van der Waals surface area contributed by atoms with Crippen LogP contribution in [0.1, 0.15) is 6.42 Å². The van der Waals surface area contributed by atoms with E-state index in [1.165, 1.54) is 4.90 Å². The van der Waals surface area contributed by atoms with Crippen LogP contribution in [0.5, 0.6) is 0 Å². The summed E-state index contributed by atoms with van der Waals surface area (Å²) in [6, 6.07) is -0.181. The smallest absolute Gasteiger partial charge is 0.278 e. The van der Waals surface area contributed by atoms with Gasteiger partial charge in [0.1, 0.15) is 0 Å². The van der Waals surface area contributed by atoms with Crippen LogP contribution in [0.2, 0.25) is 0 Å². The minimum Gasteiger partial charge on any atom is -0.333 e. The molecule has 4 nitrogen and oxygen atoms in total. The van der Waals surface area contributed by atoms with Crippen molar-refractivity contribution in [3.05, 3.63) is 0 Å². The number of hydrogen-bond acceptors (Lipinski definition) is 3. The van der Waals surface area contributed by atoms with Gasteiger partial charge in [-0.1, -0.05) is 12.6 Å². The number of hydrogen-bond donors (Lipinski definition) is 1. The number of sulfone groups is 1. The summed E-state index contributed by atoms with van der Waals surface area (Å²) in [6.45, 7) is 0.